The molecule has 4 aromatic rings. The zero-order valence-corrected chi connectivity index (χ0v) is 28.2. The number of nitrogens with zero attached hydrogens (tertiary/aromatic N) is 2. The van der Waals surface area contributed by atoms with Crippen molar-refractivity contribution in [2.24, 2.45) is 0 Å². The van der Waals surface area contributed by atoms with Crippen LogP contribution in [0, 0.1) is 19.7 Å². The van der Waals surface area contributed by atoms with E-state index in [1.807, 2.05) is 65.0 Å². The first-order valence-electron chi connectivity index (χ1n) is 14.9. The Morgan fingerprint density at radius 2 is 1.48 bits per heavy atom. The molecule has 0 bridgehead atoms. The van der Waals surface area contributed by atoms with E-state index in [1.54, 1.807) is 30.3 Å². The molecule has 1 unspecified atom stereocenters. The van der Waals surface area contributed by atoms with Crippen LogP contribution in [0.1, 0.15) is 43.0 Å². The van der Waals surface area contributed by atoms with Crippen LogP contribution in [-0.4, -0.2) is 43.3 Å². The third kappa shape index (κ3) is 8.95. The summed E-state index contributed by atoms with van der Waals surface area (Å²) in [7, 11) is -4.26. The first-order valence-corrected chi connectivity index (χ1v) is 16.7. The molecule has 0 aromatic heterocycles. The van der Waals surface area contributed by atoms with Crippen molar-refractivity contribution < 1.29 is 22.4 Å². The van der Waals surface area contributed by atoms with Crippen LogP contribution in [-0.2, 0) is 32.6 Å². The van der Waals surface area contributed by atoms with Crippen molar-refractivity contribution >= 4 is 39.1 Å². The standard InChI is InChI=1S/C36H39ClFN3O4S/c1-25-11-18-31(21-26(25)2)41(46(44,45)32-19-14-29(37)15-20-32)24-34(42)40(23-28-12-16-30(38)17-13-28)33(35(43)39-36(3,4)5)22-27-9-7-6-8-10-27/h6-21,33H,22-24H2,1-5H3,(H,39,43). The lowest BCUT2D eigenvalue weighted by Gasteiger charge is -2.35. The summed E-state index contributed by atoms with van der Waals surface area (Å²) in [6.45, 7) is 8.65. The number of rotatable bonds is 11. The topological polar surface area (TPSA) is 86.8 Å². The molecule has 0 aliphatic heterocycles. The zero-order valence-electron chi connectivity index (χ0n) is 26.6. The summed E-state index contributed by atoms with van der Waals surface area (Å²) in [5, 5.41) is 3.36. The summed E-state index contributed by atoms with van der Waals surface area (Å²) in [5.41, 5.74) is 2.88. The Kier molecular flexibility index (Phi) is 10.9. The normalized spacial score (nSPS) is 12.3. The van der Waals surface area contributed by atoms with Crippen molar-refractivity contribution in [3.05, 3.63) is 130 Å². The number of nitrogens with one attached hydrogen (secondary N) is 1. The Bertz CT molecular complexity index is 1780. The van der Waals surface area contributed by atoms with Crippen molar-refractivity contribution in [1.82, 2.24) is 10.2 Å². The lowest BCUT2D eigenvalue weighted by Crippen LogP contribution is -2.56. The molecule has 242 valence electrons. The van der Waals surface area contributed by atoms with Gasteiger partial charge in [-0.1, -0.05) is 60.1 Å². The van der Waals surface area contributed by atoms with Gasteiger partial charge >= 0.3 is 0 Å². The van der Waals surface area contributed by atoms with Crippen molar-refractivity contribution in [2.45, 2.75) is 64.1 Å². The van der Waals surface area contributed by atoms with E-state index in [1.165, 1.54) is 41.3 Å². The molecule has 0 radical (unpaired) electrons. The van der Waals surface area contributed by atoms with Crippen molar-refractivity contribution in [1.29, 1.82) is 0 Å². The summed E-state index contributed by atoms with van der Waals surface area (Å²) in [6, 6.07) is 24.8. The molecule has 4 rings (SSSR count). The molecule has 4 aromatic carbocycles. The fraction of sp³-hybridized carbons (Fsp3) is 0.278. The Balaban J connectivity index is 1.83. The number of amides is 2. The molecule has 0 fully saturated rings. The van der Waals surface area contributed by atoms with Crippen LogP contribution in [0.3, 0.4) is 0 Å². The summed E-state index contributed by atoms with van der Waals surface area (Å²) in [4.78, 5) is 29.8. The molecule has 0 saturated heterocycles. The molecular weight excluding hydrogens is 625 g/mol. The number of sulfonamides is 1. The van der Waals surface area contributed by atoms with Gasteiger partial charge in [-0.05, 0) is 105 Å². The second-order valence-electron chi connectivity index (χ2n) is 12.3. The average molecular weight is 664 g/mol. The van der Waals surface area contributed by atoms with E-state index in [4.69, 9.17) is 11.6 Å². The predicted octanol–water partition coefficient (Wildman–Crippen LogP) is 6.85. The Hall–Kier alpha value is -4.21. The van der Waals surface area contributed by atoms with Gasteiger partial charge in [-0.2, -0.15) is 0 Å². The van der Waals surface area contributed by atoms with Crippen LogP contribution in [0.4, 0.5) is 10.1 Å². The summed E-state index contributed by atoms with van der Waals surface area (Å²) >= 11 is 6.06. The number of halogens is 2. The monoisotopic (exact) mass is 663 g/mol. The van der Waals surface area contributed by atoms with Gasteiger partial charge in [0.15, 0.2) is 0 Å². The van der Waals surface area contributed by atoms with Gasteiger partial charge in [0.2, 0.25) is 11.8 Å². The molecule has 46 heavy (non-hydrogen) atoms. The summed E-state index contributed by atoms with van der Waals surface area (Å²) < 4.78 is 43.2. The lowest BCUT2D eigenvalue weighted by atomic mass is 10.0. The maximum atomic E-state index is 14.5. The average Bonchev–Trinajstić information content (AvgIpc) is 2.99. The van der Waals surface area contributed by atoms with Gasteiger partial charge in [-0.3, -0.25) is 13.9 Å². The molecule has 2 amide bonds. The molecule has 7 nitrogen and oxygen atoms in total. The highest BCUT2D eigenvalue weighted by molar-refractivity contribution is 7.92. The lowest BCUT2D eigenvalue weighted by molar-refractivity contribution is -0.140. The highest BCUT2D eigenvalue weighted by atomic mass is 35.5. The van der Waals surface area contributed by atoms with Crippen LogP contribution in [0.2, 0.25) is 5.02 Å². The molecular formula is C36H39ClFN3O4S. The van der Waals surface area contributed by atoms with Crippen LogP contribution in [0.25, 0.3) is 0 Å². The number of hydrogen-bond acceptors (Lipinski definition) is 4. The number of benzene rings is 4. The van der Waals surface area contributed by atoms with Gasteiger partial charge in [0.25, 0.3) is 10.0 Å². The molecule has 0 saturated carbocycles. The largest absolute Gasteiger partial charge is 0.350 e. The van der Waals surface area contributed by atoms with E-state index >= 15 is 0 Å². The highest BCUT2D eigenvalue weighted by Gasteiger charge is 2.35. The summed E-state index contributed by atoms with van der Waals surface area (Å²) in [5.74, 6) is -1.45. The quantitative estimate of drug-likeness (QED) is 0.190. The van der Waals surface area contributed by atoms with Crippen LogP contribution < -0.4 is 9.62 Å². The minimum atomic E-state index is -4.26. The van der Waals surface area contributed by atoms with E-state index in [-0.39, 0.29) is 17.9 Å². The molecule has 0 heterocycles. The van der Waals surface area contributed by atoms with Crippen LogP contribution >= 0.6 is 11.6 Å². The maximum Gasteiger partial charge on any atom is 0.264 e. The molecule has 1 atom stereocenters. The maximum absolute atomic E-state index is 14.5. The smallest absolute Gasteiger partial charge is 0.264 e. The second-order valence-corrected chi connectivity index (χ2v) is 14.6. The minimum absolute atomic E-state index is 0.0423. The highest BCUT2D eigenvalue weighted by Crippen LogP contribution is 2.28. The number of aryl methyl sites for hydroxylation is 2. The fourth-order valence-electron chi connectivity index (χ4n) is 4.94. The van der Waals surface area contributed by atoms with Gasteiger partial charge in [-0.15, -0.1) is 0 Å². The van der Waals surface area contributed by atoms with E-state index in [0.29, 0.717) is 16.3 Å². The van der Waals surface area contributed by atoms with Gasteiger partial charge in [0, 0.05) is 23.5 Å². The van der Waals surface area contributed by atoms with Gasteiger partial charge in [0.1, 0.15) is 18.4 Å². The second kappa shape index (κ2) is 14.5. The van der Waals surface area contributed by atoms with E-state index in [2.05, 4.69) is 5.32 Å². The molecule has 0 spiro atoms. The molecule has 0 aliphatic rings. The Morgan fingerprint density at radius 3 is 2.07 bits per heavy atom. The number of carbonyl (C=O) groups excluding carboxylic acids is 2. The van der Waals surface area contributed by atoms with Gasteiger partial charge < -0.3 is 10.2 Å². The summed E-state index contributed by atoms with van der Waals surface area (Å²) in [6.07, 6.45) is 0.170. The predicted molar refractivity (Wildman–Crippen MR) is 181 cm³/mol. The van der Waals surface area contributed by atoms with E-state index < -0.39 is 45.8 Å². The van der Waals surface area contributed by atoms with Gasteiger partial charge in [0.05, 0.1) is 10.6 Å². The molecule has 10 heteroatoms. The third-order valence-electron chi connectivity index (χ3n) is 7.49. The fourth-order valence-corrected chi connectivity index (χ4v) is 6.47. The van der Waals surface area contributed by atoms with Crippen LogP contribution in [0.15, 0.2) is 102 Å². The Labute approximate surface area is 276 Å². The number of hydrogen-bond donors (Lipinski definition) is 1. The minimum Gasteiger partial charge on any atom is -0.350 e. The molecule has 0 aliphatic carbocycles. The van der Waals surface area contributed by atoms with Gasteiger partial charge in [-0.25, -0.2) is 12.8 Å². The third-order valence-corrected chi connectivity index (χ3v) is 9.53. The Morgan fingerprint density at radius 1 is 0.848 bits per heavy atom. The van der Waals surface area contributed by atoms with Crippen molar-refractivity contribution in [2.75, 3.05) is 10.8 Å². The molecule has 1 N–H and O–H groups in total. The SMILES string of the molecule is Cc1ccc(N(CC(=O)N(Cc2ccc(F)cc2)C(Cc2ccccc2)C(=O)NC(C)(C)C)S(=O)(=O)c2ccc(Cl)cc2)cc1C. The first-order chi connectivity index (χ1) is 21.6. The van der Waals surface area contributed by atoms with Crippen molar-refractivity contribution in [3.63, 3.8) is 0 Å². The number of carbonyl (C=O) groups is 2. The zero-order chi connectivity index (χ0) is 33.6. The van der Waals surface area contributed by atoms with E-state index in [9.17, 15) is 22.4 Å². The van der Waals surface area contributed by atoms with Crippen molar-refractivity contribution in [3.8, 4) is 0 Å². The van der Waals surface area contributed by atoms with Crippen LogP contribution in [0.5, 0.6) is 0 Å². The number of anilines is 1. The first kappa shape index (κ1) is 34.7. The van der Waals surface area contributed by atoms with E-state index in [0.717, 1.165) is 21.0 Å².